The molecule has 3 heteroatoms. The molecule has 0 N–H and O–H groups in total. The van der Waals surface area contributed by atoms with E-state index in [2.05, 4.69) is 197 Å². The normalized spacial score (nSPS) is 17.2. The Morgan fingerprint density at radius 1 is 0.327 bits per heavy atom. The standard InChI is InChI=1S/C46H43N3/c1-44(2)32-16-8-12-20-40(32)48(41-21-13-9-17-33(41)44)30-24-26-38-36(28-30)46(5,6)37-29-31(25-27-39(37)47(38)7)49-42-22-14-10-18-34(42)45(3,4)35-19-11-15-23-43(35)49/h8-29H,1-7H3. The number of rotatable bonds is 2. The van der Waals surface area contributed by atoms with Crippen molar-refractivity contribution in [2.75, 3.05) is 21.7 Å². The van der Waals surface area contributed by atoms with Crippen LogP contribution in [0.2, 0.25) is 0 Å². The SMILES string of the molecule is CN1c2ccc(N3c4ccccc4C(C)(C)c4ccccc43)cc2C(C)(C)c2cc(N3c4ccccc4C(C)(C)c4ccccc43)ccc21. The van der Waals surface area contributed by atoms with Crippen molar-refractivity contribution in [3.05, 3.63) is 167 Å². The molecule has 0 saturated carbocycles. The lowest BCUT2D eigenvalue weighted by molar-refractivity contribution is 0.625. The summed E-state index contributed by atoms with van der Waals surface area (Å²) in [6.45, 7) is 14.2. The van der Waals surface area contributed by atoms with E-state index in [0.717, 1.165) is 0 Å². The van der Waals surface area contributed by atoms with Gasteiger partial charge in [0.2, 0.25) is 0 Å². The molecular weight excluding hydrogens is 595 g/mol. The van der Waals surface area contributed by atoms with E-state index in [0.29, 0.717) is 0 Å². The fourth-order valence-electron chi connectivity index (χ4n) is 9.08. The van der Waals surface area contributed by atoms with Gasteiger partial charge in [0.15, 0.2) is 0 Å². The Balaban J connectivity index is 1.20. The van der Waals surface area contributed by atoms with Crippen molar-refractivity contribution in [2.45, 2.75) is 57.8 Å². The third-order valence-corrected chi connectivity index (χ3v) is 11.8. The summed E-state index contributed by atoms with van der Waals surface area (Å²) in [7, 11) is 2.22. The van der Waals surface area contributed by atoms with Gasteiger partial charge in [-0.3, -0.25) is 0 Å². The van der Waals surface area contributed by atoms with Crippen LogP contribution < -0.4 is 14.7 Å². The fourth-order valence-corrected chi connectivity index (χ4v) is 9.08. The molecule has 0 fully saturated rings. The first-order valence-corrected chi connectivity index (χ1v) is 17.5. The van der Waals surface area contributed by atoms with Crippen molar-refractivity contribution in [3.63, 3.8) is 0 Å². The zero-order chi connectivity index (χ0) is 33.9. The van der Waals surface area contributed by atoms with Crippen LogP contribution in [0.4, 0.5) is 45.5 Å². The van der Waals surface area contributed by atoms with Gasteiger partial charge in [-0.2, -0.15) is 0 Å². The molecule has 3 aliphatic rings. The van der Waals surface area contributed by atoms with Gasteiger partial charge in [0.25, 0.3) is 0 Å². The molecule has 6 aromatic carbocycles. The van der Waals surface area contributed by atoms with Gasteiger partial charge < -0.3 is 14.7 Å². The molecule has 0 spiro atoms. The van der Waals surface area contributed by atoms with Crippen LogP contribution >= 0.6 is 0 Å². The molecule has 3 aliphatic heterocycles. The van der Waals surface area contributed by atoms with Crippen LogP contribution in [0.3, 0.4) is 0 Å². The molecule has 0 amide bonds. The summed E-state index contributed by atoms with van der Waals surface area (Å²) in [5.74, 6) is 0. The molecule has 3 nitrogen and oxygen atoms in total. The summed E-state index contributed by atoms with van der Waals surface area (Å²) in [4.78, 5) is 7.33. The molecule has 0 aliphatic carbocycles. The Kier molecular flexibility index (Phi) is 6.16. The molecule has 6 aromatic rings. The highest BCUT2D eigenvalue weighted by Gasteiger charge is 2.41. The highest BCUT2D eigenvalue weighted by atomic mass is 15.2. The number of hydrogen-bond acceptors (Lipinski definition) is 3. The van der Waals surface area contributed by atoms with Gasteiger partial charge in [-0.15, -0.1) is 0 Å². The van der Waals surface area contributed by atoms with Crippen LogP contribution in [0, 0.1) is 0 Å². The summed E-state index contributed by atoms with van der Waals surface area (Å²) in [6.07, 6.45) is 0. The van der Waals surface area contributed by atoms with E-state index in [1.54, 1.807) is 0 Å². The number of anilines is 8. The van der Waals surface area contributed by atoms with Crippen molar-refractivity contribution in [3.8, 4) is 0 Å². The molecule has 0 aromatic heterocycles. The number of hydrogen-bond donors (Lipinski definition) is 0. The Bertz CT molecular complexity index is 2050. The van der Waals surface area contributed by atoms with E-state index in [1.165, 1.54) is 78.9 Å². The van der Waals surface area contributed by atoms with Gasteiger partial charge in [0.1, 0.15) is 0 Å². The maximum atomic E-state index is 2.47. The highest BCUT2D eigenvalue weighted by Crippen LogP contribution is 2.56. The van der Waals surface area contributed by atoms with Gasteiger partial charge in [-0.25, -0.2) is 0 Å². The second-order valence-electron chi connectivity index (χ2n) is 15.6. The molecule has 0 unspecified atom stereocenters. The van der Waals surface area contributed by atoms with Crippen LogP contribution in [0.25, 0.3) is 0 Å². The average Bonchev–Trinajstić information content (AvgIpc) is 3.11. The molecular formula is C46H43N3. The van der Waals surface area contributed by atoms with E-state index in [-0.39, 0.29) is 16.2 Å². The second kappa shape index (κ2) is 10.1. The van der Waals surface area contributed by atoms with Crippen molar-refractivity contribution in [1.29, 1.82) is 0 Å². The quantitative estimate of drug-likeness (QED) is 0.187. The number of fused-ring (bicyclic) bond motifs is 6. The molecule has 49 heavy (non-hydrogen) atoms. The Morgan fingerprint density at radius 2 is 0.612 bits per heavy atom. The third-order valence-electron chi connectivity index (χ3n) is 11.8. The third kappa shape index (κ3) is 4.02. The monoisotopic (exact) mass is 637 g/mol. The minimum Gasteiger partial charge on any atom is -0.344 e. The van der Waals surface area contributed by atoms with Gasteiger partial charge in [-0.1, -0.05) is 114 Å². The summed E-state index contributed by atoms with van der Waals surface area (Å²) in [5.41, 5.74) is 17.5. The molecule has 0 bridgehead atoms. The molecule has 242 valence electrons. The summed E-state index contributed by atoms with van der Waals surface area (Å²) in [5, 5.41) is 0. The van der Waals surface area contributed by atoms with Crippen LogP contribution in [-0.4, -0.2) is 7.05 Å². The first kappa shape index (κ1) is 29.8. The highest BCUT2D eigenvalue weighted by molar-refractivity contribution is 5.90. The Morgan fingerprint density at radius 3 is 0.939 bits per heavy atom. The zero-order valence-corrected chi connectivity index (χ0v) is 29.5. The lowest BCUT2D eigenvalue weighted by atomic mass is 9.72. The van der Waals surface area contributed by atoms with Gasteiger partial charge in [-0.05, 0) is 94.0 Å². The van der Waals surface area contributed by atoms with Crippen molar-refractivity contribution >= 4 is 45.5 Å². The van der Waals surface area contributed by atoms with E-state index in [9.17, 15) is 0 Å². The van der Waals surface area contributed by atoms with E-state index < -0.39 is 0 Å². The summed E-state index contributed by atoms with van der Waals surface area (Å²) >= 11 is 0. The first-order chi connectivity index (χ1) is 23.5. The number of nitrogens with zero attached hydrogens (tertiary/aromatic N) is 3. The van der Waals surface area contributed by atoms with Crippen LogP contribution in [0.15, 0.2) is 133 Å². The molecule has 9 rings (SSSR count). The summed E-state index contributed by atoms with van der Waals surface area (Å²) < 4.78 is 0. The molecule has 0 radical (unpaired) electrons. The van der Waals surface area contributed by atoms with Gasteiger partial charge >= 0.3 is 0 Å². The minimum atomic E-state index is -0.245. The first-order valence-electron chi connectivity index (χ1n) is 17.5. The average molecular weight is 638 g/mol. The van der Waals surface area contributed by atoms with Crippen LogP contribution in [0.1, 0.15) is 74.9 Å². The lowest BCUT2D eigenvalue weighted by Gasteiger charge is -2.45. The molecule has 0 saturated heterocycles. The Hall–Kier alpha value is -5.28. The van der Waals surface area contributed by atoms with E-state index in [1.807, 2.05) is 0 Å². The second-order valence-corrected chi connectivity index (χ2v) is 15.6. The maximum absolute atomic E-state index is 2.47. The molecule has 3 heterocycles. The fraction of sp³-hybridized carbons (Fsp3) is 0.217. The Labute approximate surface area is 291 Å². The molecule has 0 atom stereocenters. The van der Waals surface area contributed by atoms with E-state index in [4.69, 9.17) is 0 Å². The van der Waals surface area contributed by atoms with Crippen molar-refractivity contribution in [2.24, 2.45) is 0 Å². The van der Waals surface area contributed by atoms with Gasteiger partial charge in [0, 0.05) is 46.0 Å². The largest absolute Gasteiger partial charge is 0.344 e. The van der Waals surface area contributed by atoms with Crippen LogP contribution in [0.5, 0.6) is 0 Å². The number of para-hydroxylation sites is 4. The predicted octanol–water partition coefficient (Wildman–Crippen LogP) is 12.3. The predicted molar refractivity (Wildman–Crippen MR) is 207 cm³/mol. The lowest BCUT2D eigenvalue weighted by Crippen LogP contribution is -2.33. The van der Waals surface area contributed by atoms with Crippen molar-refractivity contribution in [1.82, 2.24) is 0 Å². The topological polar surface area (TPSA) is 9.72 Å². The van der Waals surface area contributed by atoms with E-state index >= 15 is 0 Å². The number of benzene rings is 6. The van der Waals surface area contributed by atoms with Gasteiger partial charge in [0.05, 0.1) is 22.7 Å². The summed E-state index contributed by atoms with van der Waals surface area (Å²) in [6, 6.07) is 49.8. The zero-order valence-electron chi connectivity index (χ0n) is 29.5. The van der Waals surface area contributed by atoms with Crippen LogP contribution in [-0.2, 0) is 16.2 Å². The smallest absolute Gasteiger partial charge is 0.0502 e. The maximum Gasteiger partial charge on any atom is 0.0502 e. The van der Waals surface area contributed by atoms with Crippen molar-refractivity contribution < 1.29 is 0 Å². The minimum absolute atomic E-state index is 0.0897.